The summed E-state index contributed by atoms with van der Waals surface area (Å²) in [4.78, 5) is 37.2. The Morgan fingerprint density at radius 1 is 1.38 bits per heavy atom. The van der Waals surface area contributed by atoms with Gasteiger partial charge in [-0.1, -0.05) is 13.0 Å². The second-order valence-electron chi connectivity index (χ2n) is 5.90. The molecule has 7 nitrogen and oxygen atoms in total. The highest BCUT2D eigenvalue weighted by atomic mass is 16.5. The fourth-order valence-electron chi connectivity index (χ4n) is 3.02. The van der Waals surface area contributed by atoms with Gasteiger partial charge >= 0.3 is 6.03 Å². The smallest absolute Gasteiger partial charge is 0.325 e. The van der Waals surface area contributed by atoms with Gasteiger partial charge in [0.15, 0.2) is 0 Å². The van der Waals surface area contributed by atoms with Crippen LogP contribution < -0.4 is 15.8 Å². The number of hydrogen-bond acceptors (Lipinski definition) is 4. The number of primary amides is 1. The van der Waals surface area contributed by atoms with Gasteiger partial charge in [-0.2, -0.15) is 0 Å². The van der Waals surface area contributed by atoms with E-state index in [1.807, 2.05) is 19.9 Å². The number of amides is 4. The highest BCUT2D eigenvalue weighted by Crippen LogP contribution is 2.34. The molecule has 0 spiro atoms. The molecular weight excluding hydrogens is 310 g/mol. The summed E-state index contributed by atoms with van der Waals surface area (Å²) in [5, 5.41) is 2.82. The third-order valence-corrected chi connectivity index (χ3v) is 4.40. The fourth-order valence-corrected chi connectivity index (χ4v) is 3.02. The molecule has 0 bridgehead atoms. The summed E-state index contributed by atoms with van der Waals surface area (Å²) < 4.78 is 5.25. The summed E-state index contributed by atoms with van der Waals surface area (Å²) in [6, 6.07) is 4.99. The lowest BCUT2D eigenvalue weighted by Crippen LogP contribution is -2.43. The third kappa shape index (κ3) is 3.06. The maximum absolute atomic E-state index is 12.9. The van der Waals surface area contributed by atoms with Crippen LogP contribution in [0.4, 0.5) is 4.79 Å². The molecule has 1 fully saturated rings. The Balaban J connectivity index is 2.29. The molecule has 1 aromatic carbocycles. The Hall–Kier alpha value is -2.57. The van der Waals surface area contributed by atoms with E-state index in [1.165, 1.54) is 0 Å². The average Bonchev–Trinajstić information content (AvgIpc) is 2.79. The molecule has 0 aromatic heterocycles. The van der Waals surface area contributed by atoms with Crippen LogP contribution in [0.3, 0.4) is 0 Å². The van der Waals surface area contributed by atoms with E-state index in [4.69, 9.17) is 10.5 Å². The molecule has 24 heavy (non-hydrogen) atoms. The minimum absolute atomic E-state index is 0.137. The number of aryl methyl sites for hydroxylation is 1. The summed E-state index contributed by atoms with van der Waals surface area (Å²) >= 11 is 0. The lowest BCUT2D eigenvalue weighted by molar-refractivity contribution is -0.132. The largest absolute Gasteiger partial charge is 0.496 e. The molecule has 0 saturated carbocycles. The summed E-state index contributed by atoms with van der Waals surface area (Å²) in [7, 11) is 1.58. The van der Waals surface area contributed by atoms with E-state index in [-0.39, 0.29) is 18.9 Å². The normalized spacial score (nSPS) is 20.2. The molecule has 3 N–H and O–H groups in total. The zero-order valence-corrected chi connectivity index (χ0v) is 14.2. The number of ether oxygens (including phenoxy) is 1. The minimum Gasteiger partial charge on any atom is -0.496 e. The van der Waals surface area contributed by atoms with Gasteiger partial charge < -0.3 is 15.8 Å². The van der Waals surface area contributed by atoms with Crippen molar-refractivity contribution in [3.05, 3.63) is 29.3 Å². The van der Waals surface area contributed by atoms with E-state index in [9.17, 15) is 14.4 Å². The molecular formula is C17H23N3O4. The number of imide groups is 1. The van der Waals surface area contributed by atoms with E-state index in [2.05, 4.69) is 5.32 Å². The minimum atomic E-state index is -1.08. The van der Waals surface area contributed by atoms with E-state index in [0.29, 0.717) is 12.8 Å². The highest BCUT2D eigenvalue weighted by Gasteiger charge is 2.51. The Morgan fingerprint density at radius 2 is 2.08 bits per heavy atom. The molecule has 7 heteroatoms. The number of nitrogens with two attached hydrogens (primary N) is 1. The molecule has 0 radical (unpaired) electrons. The van der Waals surface area contributed by atoms with Gasteiger partial charge in [-0.3, -0.25) is 14.5 Å². The SMILES string of the molecule is CCC1(c2ccc(OC)c(C)c2)NC(=O)N(CCCC(N)=O)C1=O. The van der Waals surface area contributed by atoms with Gasteiger partial charge in [0.05, 0.1) is 7.11 Å². The van der Waals surface area contributed by atoms with Crippen LogP contribution in [0.2, 0.25) is 0 Å². The predicted molar refractivity (Wildman–Crippen MR) is 88.4 cm³/mol. The Morgan fingerprint density at radius 3 is 2.62 bits per heavy atom. The molecule has 0 aliphatic carbocycles. The monoisotopic (exact) mass is 333 g/mol. The number of carbonyl (C=O) groups is 3. The van der Waals surface area contributed by atoms with Gasteiger partial charge in [-0.05, 0) is 43.0 Å². The van der Waals surface area contributed by atoms with E-state index >= 15 is 0 Å². The number of nitrogens with zero attached hydrogens (tertiary/aromatic N) is 1. The lowest BCUT2D eigenvalue weighted by atomic mass is 9.86. The van der Waals surface area contributed by atoms with Crippen molar-refractivity contribution in [2.75, 3.05) is 13.7 Å². The number of carbonyl (C=O) groups excluding carboxylic acids is 3. The number of nitrogens with one attached hydrogen (secondary N) is 1. The summed E-state index contributed by atoms with van der Waals surface area (Å²) in [5.41, 5.74) is 5.63. The topological polar surface area (TPSA) is 102 Å². The molecule has 1 atom stereocenters. The van der Waals surface area contributed by atoms with Gasteiger partial charge in [0.25, 0.3) is 5.91 Å². The Bertz CT molecular complexity index is 674. The molecule has 2 rings (SSSR count). The van der Waals surface area contributed by atoms with Crippen LogP contribution in [0, 0.1) is 6.92 Å². The van der Waals surface area contributed by atoms with Crippen molar-refractivity contribution >= 4 is 17.8 Å². The van der Waals surface area contributed by atoms with Crippen LogP contribution >= 0.6 is 0 Å². The first-order valence-electron chi connectivity index (χ1n) is 7.93. The standard InChI is InChI=1S/C17H23N3O4/c1-4-17(12-7-8-13(24-3)11(2)10-12)15(22)20(16(23)19-17)9-5-6-14(18)21/h7-8,10H,4-6,9H2,1-3H3,(H2,18,21)(H,19,23). The number of urea groups is 1. The van der Waals surface area contributed by atoms with Crippen molar-refractivity contribution in [1.29, 1.82) is 0 Å². The van der Waals surface area contributed by atoms with E-state index < -0.39 is 17.5 Å². The summed E-state index contributed by atoms with van der Waals surface area (Å²) in [5.74, 6) is -0.0290. The van der Waals surface area contributed by atoms with Crippen molar-refractivity contribution in [3.8, 4) is 5.75 Å². The van der Waals surface area contributed by atoms with Crippen molar-refractivity contribution in [3.63, 3.8) is 0 Å². The van der Waals surface area contributed by atoms with Crippen LogP contribution in [-0.4, -0.2) is 36.4 Å². The summed E-state index contributed by atoms with van der Waals surface area (Å²) in [6.07, 6.45) is 0.920. The van der Waals surface area contributed by atoms with Crippen molar-refractivity contribution in [2.45, 2.75) is 38.6 Å². The second kappa shape index (κ2) is 6.90. The molecule has 4 amide bonds. The zero-order valence-electron chi connectivity index (χ0n) is 14.2. The Labute approximate surface area is 141 Å². The molecule has 1 unspecified atom stereocenters. The third-order valence-electron chi connectivity index (χ3n) is 4.40. The molecule has 1 heterocycles. The fraction of sp³-hybridized carbons (Fsp3) is 0.471. The number of rotatable bonds is 7. The molecule has 1 aliphatic heterocycles. The highest BCUT2D eigenvalue weighted by molar-refractivity contribution is 6.07. The van der Waals surface area contributed by atoms with Crippen LogP contribution in [0.15, 0.2) is 18.2 Å². The average molecular weight is 333 g/mol. The number of methoxy groups -OCH3 is 1. The first-order valence-corrected chi connectivity index (χ1v) is 7.93. The number of hydrogen-bond donors (Lipinski definition) is 2. The van der Waals surface area contributed by atoms with Crippen molar-refractivity contribution < 1.29 is 19.1 Å². The maximum Gasteiger partial charge on any atom is 0.325 e. The number of benzene rings is 1. The molecule has 130 valence electrons. The second-order valence-corrected chi connectivity index (χ2v) is 5.90. The molecule has 1 saturated heterocycles. The van der Waals surface area contributed by atoms with Crippen LogP contribution in [0.5, 0.6) is 5.75 Å². The van der Waals surface area contributed by atoms with Gasteiger partial charge in [0, 0.05) is 13.0 Å². The van der Waals surface area contributed by atoms with Crippen LogP contribution in [0.25, 0.3) is 0 Å². The maximum atomic E-state index is 12.9. The summed E-state index contributed by atoms with van der Waals surface area (Å²) in [6.45, 7) is 3.91. The first-order chi connectivity index (χ1) is 11.4. The van der Waals surface area contributed by atoms with Crippen LogP contribution in [-0.2, 0) is 15.1 Å². The van der Waals surface area contributed by atoms with Crippen molar-refractivity contribution in [1.82, 2.24) is 10.2 Å². The van der Waals surface area contributed by atoms with Crippen LogP contribution in [0.1, 0.15) is 37.3 Å². The van der Waals surface area contributed by atoms with Gasteiger partial charge in [0.2, 0.25) is 5.91 Å². The Kier molecular flexibility index (Phi) is 5.11. The quantitative estimate of drug-likeness (QED) is 0.737. The molecule has 1 aliphatic rings. The lowest BCUT2D eigenvalue weighted by Gasteiger charge is -2.26. The first kappa shape index (κ1) is 17.8. The van der Waals surface area contributed by atoms with Gasteiger partial charge in [-0.25, -0.2) is 4.79 Å². The van der Waals surface area contributed by atoms with E-state index in [1.54, 1.807) is 19.2 Å². The predicted octanol–water partition coefficient (Wildman–Crippen LogP) is 1.43. The zero-order chi connectivity index (χ0) is 17.9. The van der Waals surface area contributed by atoms with E-state index in [0.717, 1.165) is 21.8 Å². The molecule has 1 aromatic rings. The van der Waals surface area contributed by atoms with Gasteiger partial charge in [0.1, 0.15) is 11.3 Å². The van der Waals surface area contributed by atoms with Crippen molar-refractivity contribution in [2.24, 2.45) is 5.73 Å². The van der Waals surface area contributed by atoms with Gasteiger partial charge in [-0.15, -0.1) is 0 Å².